The van der Waals surface area contributed by atoms with Gasteiger partial charge >= 0.3 is 0 Å². The Balaban J connectivity index is 2.28. The normalized spacial score (nSPS) is 18.3. The first-order valence-corrected chi connectivity index (χ1v) is 5.78. The highest BCUT2D eigenvalue weighted by Gasteiger charge is 2.32. The number of hydrogen-bond acceptors (Lipinski definition) is 2. The number of hydrogen-bond donors (Lipinski definition) is 2. The van der Waals surface area contributed by atoms with Crippen molar-refractivity contribution >= 4 is 34.6 Å². The smallest absolute Gasteiger partial charge is 0.0724 e. The predicted octanol–water partition coefficient (Wildman–Crippen LogP) is 3.93. The van der Waals surface area contributed by atoms with Gasteiger partial charge in [-0.2, -0.15) is 0 Å². The molecule has 15 heavy (non-hydrogen) atoms. The van der Waals surface area contributed by atoms with Gasteiger partial charge in [0.1, 0.15) is 0 Å². The summed E-state index contributed by atoms with van der Waals surface area (Å²) in [5, 5.41) is 4.58. The quantitative estimate of drug-likeness (QED) is 0.774. The fourth-order valence-electron chi connectivity index (χ4n) is 1.85. The van der Waals surface area contributed by atoms with E-state index in [0.29, 0.717) is 15.7 Å². The van der Waals surface area contributed by atoms with Crippen molar-refractivity contribution in [3.05, 3.63) is 22.2 Å². The van der Waals surface area contributed by atoms with E-state index in [9.17, 15) is 0 Å². The summed E-state index contributed by atoms with van der Waals surface area (Å²) in [7, 11) is 0. The first kappa shape index (κ1) is 10.9. The molecule has 0 unspecified atom stereocenters. The number of anilines is 2. The average Bonchev–Trinajstić information content (AvgIpc) is 2.08. The van der Waals surface area contributed by atoms with Gasteiger partial charge in [0.2, 0.25) is 0 Å². The second-order valence-electron chi connectivity index (χ2n) is 4.40. The first-order chi connectivity index (χ1) is 7.00. The summed E-state index contributed by atoms with van der Waals surface area (Å²) in [6, 6.07) is 3.44. The van der Waals surface area contributed by atoms with E-state index in [-0.39, 0.29) is 5.54 Å². The molecule has 1 saturated carbocycles. The van der Waals surface area contributed by atoms with Crippen LogP contribution in [0.25, 0.3) is 0 Å². The molecule has 0 spiro atoms. The minimum atomic E-state index is 0.142. The molecule has 82 valence electrons. The van der Waals surface area contributed by atoms with E-state index >= 15 is 0 Å². The van der Waals surface area contributed by atoms with Gasteiger partial charge in [0.25, 0.3) is 0 Å². The van der Waals surface area contributed by atoms with Crippen molar-refractivity contribution in [2.75, 3.05) is 11.1 Å². The van der Waals surface area contributed by atoms with Crippen molar-refractivity contribution in [3.8, 4) is 0 Å². The number of rotatable bonds is 2. The summed E-state index contributed by atoms with van der Waals surface area (Å²) in [5.74, 6) is 0. The molecular weight excluding hydrogens is 231 g/mol. The molecule has 1 aliphatic carbocycles. The number of nitrogen functional groups attached to an aromatic ring is 1. The second-order valence-corrected chi connectivity index (χ2v) is 5.21. The van der Waals surface area contributed by atoms with Crippen LogP contribution in [-0.2, 0) is 0 Å². The van der Waals surface area contributed by atoms with Gasteiger partial charge in [-0.1, -0.05) is 23.2 Å². The highest BCUT2D eigenvalue weighted by Crippen LogP contribution is 2.40. The van der Waals surface area contributed by atoms with Crippen LogP contribution < -0.4 is 11.1 Å². The van der Waals surface area contributed by atoms with Crippen LogP contribution in [0.5, 0.6) is 0 Å². The lowest BCUT2D eigenvalue weighted by Crippen LogP contribution is -2.41. The van der Waals surface area contributed by atoms with Gasteiger partial charge in [-0.15, -0.1) is 0 Å². The van der Waals surface area contributed by atoms with E-state index in [2.05, 4.69) is 12.2 Å². The van der Waals surface area contributed by atoms with E-state index in [1.165, 1.54) is 6.42 Å². The standard InChI is InChI=1S/C11H14Cl2N2/c1-11(3-2-4-11)15-10-8(12)5-7(14)6-9(10)13/h5-6,15H,2-4,14H2,1H3. The predicted molar refractivity (Wildman–Crippen MR) is 66.8 cm³/mol. The second kappa shape index (κ2) is 3.76. The van der Waals surface area contributed by atoms with Gasteiger partial charge in [-0.3, -0.25) is 0 Å². The molecule has 2 rings (SSSR count). The van der Waals surface area contributed by atoms with Gasteiger partial charge in [-0.25, -0.2) is 0 Å². The molecular formula is C11H14Cl2N2. The molecule has 1 aromatic carbocycles. The minimum Gasteiger partial charge on any atom is -0.399 e. The lowest BCUT2D eigenvalue weighted by atomic mass is 9.78. The summed E-state index contributed by atoms with van der Waals surface area (Å²) in [6.07, 6.45) is 3.57. The lowest BCUT2D eigenvalue weighted by Gasteiger charge is -2.40. The molecule has 1 aromatic rings. The third kappa shape index (κ3) is 2.16. The van der Waals surface area contributed by atoms with Crippen LogP contribution in [0.3, 0.4) is 0 Å². The summed E-state index contributed by atoms with van der Waals surface area (Å²) in [6.45, 7) is 2.18. The Hall–Kier alpha value is -0.600. The molecule has 1 fully saturated rings. The Bertz CT molecular complexity index is 363. The van der Waals surface area contributed by atoms with Crippen LogP contribution in [0, 0.1) is 0 Å². The van der Waals surface area contributed by atoms with Crippen LogP contribution in [0.4, 0.5) is 11.4 Å². The molecule has 1 aliphatic rings. The molecule has 0 radical (unpaired) electrons. The summed E-state index contributed by atoms with van der Waals surface area (Å²) >= 11 is 12.2. The summed E-state index contributed by atoms with van der Waals surface area (Å²) in [5.41, 5.74) is 7.18. The highest BCUT2D eigenvalue weighted by molar-refractivity contribution is 6.39. The maximum absolute atomic E-state index is 6.09. The maximum atomic E-state index is 6.09. The molecule has 0 amide bonds. The molecule has 0 saturated heterocycles. The maximum Gasteiger partial charge on any atom is 0.0724 e. The van der Waals surface area contributed by atoms with E-state index in [1.54, 1.807) is 12.1 Å². The van der Waals surface area contributed by atoms with Crippen LogP contribution in [0.2, 0.25) is 10.0 Å². The van der Waals surface area contributed by atoms with Crippen LogP contribution >= 0.6 is 23.2 Å². The topological polar surface area (TPSA) is 38.0 Å². The number of benzene rings is 1. The Morgan fingerprint density at radius 1 is 1.27 bits per heavy atom. The van der Waals surface area contributed by atoms with Gasteiger partial charge in [0.15, 0.2) is 0 Å². The Kier molecular flexibility index (Phi) is 2.73. The van der Waals surface area contributed by atoms with E-state index in [4.69, 9.17) is 28.9 Å². The molecule has 2 nitrogen and oxygen atoms in total. The van der Waals surface area contributed by atoms with E-state index in [1.807, 2.05) is 0 Å². The minimum absolute atomic E-state index is 0.142. The van der Waals surface area contributed by atoms with Crippen LogP contribution in [-0.4, -0.2) is 5.54 Å². The SMILES string of the molecule is CC1(Nc2c(Cl)cc(N)cc2Cl)CCC1. The zero-order valence-corrected chi connectivity index (χ0v) is 10.1. The van der Waals surface area contributed by atoms with Crippen molar-refractivity contribution in [3.63, 3.8) is 0 Å². The molecule has 0 atom stereocenters. The van der Waals surface area contributed by atoms with Gasteiger partial charge in [0, 0.05) is 11.2 Å². The molecule has 0 aliphatic heterocycles. The van der Waals surface area contributed by atoms with E-state index in [0.717, 1.165) is 18.5 Å². The van der Waals surface area contributed by atoms with Gasteiger partial charge in [0.05, 0.1) is 15.7 Å². The molecule has 0 heterocycles. The summed E-state index contributed by atoms with van der Waals surface area (Å²) < 4.78 is 0. The van der Waals surface area contributed by atoms with Crippen molar-refractivity contribution in [2.45, 2.75) is 31.7 Å². The molecule has 0 aromatic heterocycles. The van der Waals surface area contributed by atoms with Crippen molar-refractivity contribution in [1.29, 1.82) is 0 Å². The molecule has 0 bridgehead atoms. The number of nitrogens with one attached hydrogen (secondary N) is 1. The zero-order chi connectivity index (χ0) is 11.1. The Labute approximate surface area is 99.7 Å². The van der Waals surface area contributed by atoms with Crippen LogP contribution in [0.15, 0.2) is 12.1 Å². The van der Waals surface area contributed by atoms with E-state index < -0.39 is 0 Å². The fourth-order valence-corrected chi connectivity index (χ4v) is 2.44. The first-order valence-electron chi connectivity index (χ1n) is 5.03. The summed E-state index contributed by atoms with van der Waals surface area (Å²) in [4.78, 5) is 0. The molecule has 3 N–H and O–H groups in total. The highest BCUT2D eigenvalue weighted by atomic mass is 35.5. The Morgan fingerprint density at radius 2 is 1.80 bits per heavy atom. The monoisotopic (exact) mass is 244 g/mol. The average molecular weight is 245 g/mol. The largest absolute Gasteiger partial charge is 0.399 e. The van der Waals surface area contributed by atoms with Crippen molar-refractivity contribution < 1.29 is 0 Å². The van der Waals surface area contributed by atoms with Crippen molar-refractivity contribution in [1.82, 2.24) is 0 Å². The third-order valence-electron chi connectivity index (χ3n) is 2.95. The Morgan fingerprint density at radius 3 is 2.20 bits per heavy atom. The zero-order valence-electron chi connectivity index (χ0n) is 8.61. The lowest BCUT2D eigenvalue weighted by molar-refractivity contribution is 0.306. The van der Waals surface area contributed by atoms with Gasteiger partial charge in [-0.05, 0) is 38.3 Å². The number of halogens is 2. The number of nitrogens with two attached hydrogens (primary N) is 1. The van der Waals surface area contributed by atoms with Crippen molar-refractivity contribution in [2.24, 2.45) is 0 Å². The fraction of sp³-hybridized carbons (Fsp3) is 0.455. The van der Waals surface area contributed by atoms with Gasteiger partial charge < -0.3 is 11.1 Å². The van der Waals surface area contributed by atoms with Crippen LogP contribution in [0.1, 0.15) is 26.2 Å². The third-order valence-corrected chi connectivity index (χ3v) is 3.54. The molecule has 4 heteroatoms.